The van der Waals surface area contributed by atoms with Crippen LogP contribution in [0.2, 0.25) is 0 Å². The number of aliphatic hydroxyl groups is 1. The highest BCUT2D eigenvalue weighted by molar-refractivity contribution is 5.78. The summed E-state index contributed by atoms with van der Waals surface area (Å²) in [4.78, 5) is 13.5. The maximum absolute atomic E-state index is 13.1. The zero-order valence-corrected chi connectivity index (χ0v) is 10.9. The van der Waals surface area contributed by atoms with E-state index in [4.69, 9.17) is 9.84 Å². The predicted molar refractivity (Wildman–Crippen MR) is 67.9 cm³/mol. The standard InChI is InChI=1S/C14H18FNO3/c1-14(5-6-17)10-16(13(18)9-19-14)8-11-3-2-4-12(15)7-11/h2-4,7,17H,5-6,8-10H2,1H3. The second kappa shape index (κ2) is 5.67. The highest BCUT2D eigenvalue weighted by Crippen LogP contribution is 2.23. The van der Waals surface area contributed by atoms with Crippen molar-refractivity contribution >= 4 is 5.91 Å². The van der Waals surface area contributed by atoms with E-state index in [1.54, 1.807) is 17.0 Å². The number of ether oxygens (including phenoxy) is 1. The van der Waals surface area contributed by atoms with E-state index in [2.05, 4.69) is 0 Å². The summed E-state index contributed by atoms with van der Waals surface area (Å²) >= 11 is 0. The minimum absolute atomic E-state index is 0.00577. The molecular weight excluding hydrogens is 249 g/mol. The molecule has 104 valence electrons. The third-order valence-corrected chi connectivity index (χ3v) is 3.33. The fourth-order valence-corrected chi connectivity index (χ4v) is 2.25. The summed E-state index contributed by atoms with van der Waals surface area (Å²) in [6, 6.07) is 6.21. The number of nitrogens with zero attached hydrogens (tertiary/aromatic N) is 1. The third-order valence-electron chi connectivity index (χ3n) is 3.33. The average molecular weight is 267 g/mol. The summed E-state index contributed by atoms with van der Waals surface area (Å²) < 4.78 is 18.6. The summed E-state index contributed by atoms with van der Waals surface area (Å²) in [5.74, 6) is -0.420. The number of rotatable bonds is 4. The molecule has 0 radical (unpaired) electrons. The van der Waals surface area contributed by atoms with Gasteiger partial charge in [-0.25, -0.2) is 4.39 Å². The first-order chi connectivity index (χ1) is 9.02. The second-order valence-electron chi connectivity index (χ2n) is 5.09. The van der Waals surface area contributed by atoms with Gasteiger partial charge in [-0.3, -0.25) is 4.79 Å². The zero-order chi connectivity index (χ0) is 13.9. The first-order valence-corrected chi connectivity index (χ1v) is 6.29. The highest BCUT2D eigenvalue weighted by atomic mass is 19.1. The normalized spacial score (nSPS) is 23.7. The molecule has 1 aliphatic heterocycles. The van der Waals surface area contributed by atoms with E-state index in [1.165, 1.54) is 12.1 Å². The van der Waals surface area contributed by atoms with Gasteiger partial charge < -0.3 is 14.7 Å². The number of morpholine rings is 1. The SMILES string of the molecule is CC1(CCO)CN(Cc2cccc(F)c2)C(=O)CO1. The van der Waals surface area contributed by atoms with Crippen LogP contribution in [0.15, 0.2) is 24.3 Å². The van der Waals surface area contributed by atoms with E-state index in [0.29, 0.717) is 19.5 Å². The van der Waals surface area contributed by atoms with Crippen LogP contribution in [-0.2, 0) is 16.1 Å². The minimum Gasteiger partial charge on any atom is -0.396 e. The molecule has 4 nitrogen and oxygen atoms in total. The Bertz CT molecular complexity index is 466. The Kier molecular flexibility index (Phi) is 4.17. The number of aliphatic hydroxyl groups excluding tert-OH is 1. The maximum Gasteiger partial charge on any atom is 0.248 e. The summed E-state index contributed by atoms with van der Waals surface area (Å²) in [5, 5.41) is 9.03. The van der Waals surface area contributed by atoms with Crippen LogP contribution in [0.5, 0.6) is 0 Å². The summed E-state index contributed by atoms with van der Waals surface area (Å²) in [7, 11) is 0. The van der Waals surface area contributed by atoms with Crippen molar-refractivity contribution in [3.05, 3.63) is 35.6 Å². The van der Waals surface area contributed by atoms with Crippen molar-refractivity contribution in [3.8, 4) is 0 Å². The van der Waals surface area contributed by atoms with Crippen molar-refractivity contribution in [2.24, 2.45) is 0 Å². The molecule has 0 aromatic heterocycles. The molecule has 1 N–H and O–H groups in total. The van der Waals surface area contributed by atoms with Crippen LogP contribution in [0.1, 0.15) is 18.9 Å². The van der Waals surface area contributed by atoms with Gasteiger partial charge in [0.2, 0.25) is 5.91 Å². The van der Waals surface area contributed by atoms with Gasteiger partial charge in [-0.15, -0.1) is 0 Å². The van der Waals surface area contributed by atoms with E-state index >= 15 is 0 Å². The van der Waals surface area contributed by atoms with Crippen molar-refractivity contribution in [2.75, 3.05) is 19.8 Å². The van der Waals surface area contributed by atoms with Crippen LogP contribution in [0.4, 0.5) is 4.39 Å². The first-order valence-electron chi connectivity index (χ1n) is 6.29. The van der Waals surface area contributed by atoms with Crippen molar-refractivity contribution in [1.29, 1.82) is 0 Å². The quantitative estimate of drug-likeness (QED) is 0.895. The number of hydrogen-bond acceptors (Lipinski definition) is 3. The van der Waals surface area contributed by atoms with Crippen LogP contribution in [0.3, 0.4) is 0 Å². The molecule has 5 heteroatoms. The average Bonchev–Trinajstić information content (AvgIpc) is 2.34. The van der Waals surface area contributed by atoms with Crippen LogP contribution in [-0.4, -0.2) is 41.3 Å². The van der Waals surface area contributed by atoms with Gasteiger partial charge in [0.25, 0.3) is 0 Å². The lowest BCUT2D eigenvalue weighted by Crippen LogP contribution is -2.53. The van der Waals surface area contributed by atoms with E-state index in [9.17, 15) is 9.18 Å². The molecule has 1 aromatic carbocycles. The summed E-state index contributed by atoms with van der Waals surface area (Å²) in [6.07, 6.45) is 0.472. The van der Waals surface area contributed by atoms with E-state index in [-0.39, 0.29) is 24.9 Å². The molecule has 19 heavy (non-hydrogen) atoms. The molecule has 1 aromatic rings. The third kappa shape index (κ3) is 3.52. The molecule has 1 atom stereocenters. The van der Waals surface area contributed by atoms with Crippen LogP contribution >= 0.6 is 0 Å². The largest absolute Gasteiger partial charge is 0.396 e. The number of carbonyl (C=O) groups is 1. The van der Waals surface area contributed by atoms with Gasteiger partial charge >= 0.3 is 0 Å². The topological polar surface area (TPSA) is 49.8 Å². The lowest BCUT2D eigenvalue weighted by Gasteiger charge is -2.40. The Morgan fingerprint density at radius 1 is 1.53 bits per heavy atom. The fourth-order valence-electron chi connectivity index (χ4n) is 2.25. The van der Waals surface area contributed by atoms with Gasteiger partial charge in [-0.2, -0.15) is 0 Å². The molecule has 0 bridgehead atoms. The number of hydrogen-bond donors (Lipinski definition) is 1. The van der Waals surface area contributed by atoms with Crippen molar-refractivity contribution in [2.45, 2.75) is 25.5 Å². The Morgan fingerprint density at radius 2 is 2.32 bits per heavy atom. The summed E-state index contributed by atoms with van der Waals surface area (Å²) in [6.45, 7) is 2.66. The van der Waals surface area contributed by atoms with E-state index < -0.39 is 5.60 Å². The van der Waals surface area contributed by atoms with E-state index in [1.807, 2.05) is 6.92 Å². The van der Waals surface area contributed by atoms with Gasteiger partial charge in [-0.1, -0.05) is 12.1 Å². The van der Waals surface area contributed by atoms with Gasteiger partial charge in [-0.05, 0) is 24.6 Å². The monoisotopic (exact) mass is 267 g/mol. The fraction of sp³-hybridized carbons (Fsp3) is 0.500. The number of benzene rings is 1. The van der Waals surface area contributed by atoms with Crippen LogP contribution in [0, 0.1) is 5.82 Å². The number of amides is 1. The van der Waals surface area contributed by atoms with Gasteiger partial charge in [0.1, 0.15) is 12.4 Å². The van der Waals surface area contributed by atoms with Crippen LogP contribution in [0.25, 0.3) is 0 Å². The molecular formula is C14H18FNO3. The minimum atomic E-state index is -0.532. The lowest BCUT2D eigenvalue weighted by atomic mass is 9.99. The molecule has 1 heterocycles. The van der Waals surface area contributed by atoms with Crippen molar-refractivity contribution in [1.82, 2.24) is 4.90 Å². The molecule has 0 spiro atoms. The molecule has 2 rings (SSSR count). The predicted octanol–water partition coefficient (Wildman–Crippen LogP) is 1.33. The second-order valence-corrected chi connectivity index (χ2v) is 5.09. The molecule has 1 unspecified atom stereocenters. The zero-order valence-electron chi connectivity index (χ0n) is 10.9. The number of carbonyl (C=O) groups excluding carboxylic acids is 1. The highest BCUT2D eigenvalue weighted by Gasteiger charge is 2.35. The Balaban J connectivity index is 2.07. The Morgan fingerprint density at radius 3 is 3.00 bits per heavy atom. The Hall–Kier alpha value is -1.46. The molecule has 1 fully saturated rings. The van der Waals surface area contributed by atoms with Gasteiger partial charge in [0.05, 0.1) is 5.60 Å². The van der Waals surface area contributed by atoms with Gasteiger partial charge in [0, 0.05) is 26.1 Å². The van der Waals surface area contributed by atoms with Gasteiger partial charge in [0.15, 0.2) is 0 Å². The van der Waals surface area contributed by atoms with Crippen LogP contribution < -0.4 is 0 Å². The lowest BCUT2D eigenvalue weighted by molar-refractivity contribution is -0.164. The number of halogens is 1. The molecule has 1 saturated heterocycles. The Labute approximate surface area is 111 Å². The summed E-state index contributed by atoms with van der Waals surface area (Å²) in [5.41, 5.74) is 0.220. The van der Waals surface area contributed by atoms with Crippen molar-refractivity contribution in [3.63, 3.8) is 0 Å². The molecule has 1 aliphatic rings. The first kappa shape index (κ1) is 14.0. The van der Waals surface area contributed by atoms with E-state index in [0.717, 1.165) is 5.56 Å². The molecule has 1 amide bonds. The molecule has 0 aliphatic carbocycles. The molecule has 0 saturated carbocycles. The van der Waals surface area contributed by atoms with Crippen molar-refractivity contribution < 1.29 is 19.0 Å². The maximum atomic E-state index is 13.1. The smallest absolute Gasteiger partial charge is 0.248 e.